The van der Waals surface area contributed by atoms with E-state index in [1.807, 2.05) is 12.1 Å². The Morgan fingerprint density at radius 2 is 1.87 bits per heavy atom. The van der Waals surface area contributed by atoms with Gasteiger partial charge in [-0.05, 0) is 17.7 Å². The van der Waals surface area contributed by atoms with E-state index < -0.39 is 11.2 Å². The zero-order valence-corrected chi connectivity index (χ0v) is 13.6. The fourth-order valence-corrected chi connectivity index (χ4v) is 2.54. The number of hydrogen-bond acceptors (Lipinski definition) is 4. The maximum absolute atomic E-state index is 12.3. The van der Waals surface area contributed by atoms with Crippen LogP contribution in [0.2, 0.25) is 5.02 Å². The molecule has 0 spiro atoms. The van der Waals surface area contributed by atoms with Crippen LogP contribution in [0.5, 0.6) is 0 Å². The molecule has 23 heavy (non-hydrogen) atoms. The second-order valence-corrected chi connectivity index (χ2v) is 5.60. The lowest BCUT2D eigenvalue weighted by Gasteiger charge is -2.02. The number of rotatable bonds is 2. The molecule has 0 N–H and O–H groups in total. The Labute approximate surface area is 136 Å². The van der Waals surface area contributed by atoms with Gasteiger partial charge in [-0.1, -0.05) is 23.7 Å². The van der Waals surface area contributed by atoms with E-state index in [9.17, 15) is 9.59 Å². The highest BCUT2D eigenvalue weighted by Gasteiger charge is 2.16. The smallest absolute Gasteiger partial charge is 0.306 e. The van der Waals surface area contributed by atoms with Crippen molar-refractivity contribution in [1.82, 2.24) is 18.7 Å². The first kappa shape index (κ1) is 15.2. The van der Waals surface area contributed by atoms with Gasteiger partial charge in [0.1, 0.15) is 0 Å². The number of hydrogen-bond donors (Lipinski definition) is 0. The fourth-order valence-electron chi connectivity index (χ4n) is 2.34. The second kappa shape index (κ2) is 5.51. The number of fused-ring (bicyclic) bond motifs is 1. The molecular weight excluding hydrogens is 318 g/mol. The topological polar surface area (TPSA) is 74.2 Å². The van der Waals surface area contributed by atoms with Crippen LogP contribution < -0.4 is 11.2 Å². The predicted octanol–water partition coefficient (Wildman–Crippen LogP) is 1.37. The Balaban J connectivity index is 2.19. The summed E-state index contributed by atoms with van der Waals surface area (Å²) in [5, 5.41) is 0.607. The summed E-state index contributed by atoms with van der Waals surface area (Å²) in [6.07, 6.45) is 1.61. The summed E-state index contributed by atoms with van der Waals surface area (Å²) in [5.41, 5.74) is 0.617. The molecule has 0 bridgehead atoms. The number of nitrogens with zero attached hydrogens (tertiary/aromatic N) is 5. The minimum absolute atomic E-state index is 0.304. The van der Waals surface area contributed by atoms with Crippen molar-refractivity contribution in [2.45, 2.75) is 0 Å². The molecule has 3 aromatic rings. The highest BCUT2D eigenvalue weighted by molar-refractivity contribution is 6.30. The third-order valence-corrected chi connectivity index (χ3v) is 3.86. The summed E-state index contributed by atoms with van der Waals surface area (Å²) in [6.45, 7) is 0. The summed E-state index contributed by atoms with van der Waals surface area (Å²) < 4.78 is 3.95. The van der Waals surface area contributed by atoms with Gasteiger partial charge < -0.3 is 4.57 Å². The fraction of sp³-hybridized carbons (Fsp3) is 0.200. The molecule has 118 valence electrons. The number of aromatic nitrogens is 4. The Kier molecular flexibility index (Phi) is 3.65. The van der Waals surface area contributed by atoms with Crippen molar-refractivity contribution in [1.29, 1.82) is 0 Å². The average molecular weight is 332 g/mol. The van der Waals surface area contributed by atoms with Crippen molar-refractivity contribution >= 4 is 34.9 Å². The SMILES string of the molecule is Cn1c(=O)c2c(nc(/N=C/c3cccc(Cl)c3)n2C)n(C)c1=O. The zero-order chi connectivity index (χ0) is 16.7. The van der Waals surface area contributed by atoms with Crippen molar-refractivity contribution in [2.75, 3.05) is 0 Å². The van der Waals surface area contributed by atoms with E-state index in [4.69, 9.17) is 11.6 Å². The molecule has 3 rings (SSSR count). The monoisotopic (exact) mass is 331 g/mol. The molecule has 7 nitrogen and oxygen atoms in total. The molecule has 0 fully saturated rings. The Hall–Kier alpha value is -2.67. The third kappa shape index (κ3) is 2.49. The Morgan fingerprint density at radius 3 is 2.57 bits per heavy atom. The van der Waals surface area contributed by atoms with E-state index in [1.54, 1.807) is 37.0 Å². The van der Waals surface area contributed by atoms with Gasteiger partial charge in [-0.3, -0.25) is 13.9 Å². The van der Waals surface area contributed by atoms with Gasteiger partial charge >= 0.3 is 5.69 Å². The first-order valence-corrected chi connectivity index (χ1v) is 7.20. The summed E-state index contributed by atoms with van der Waals surface area (Å²) in [6, 6.07) is 7.21. The van der Waals surface area contributed by atoms with E-state index in [0.29, 0.717) is 22.1 Å². The van der Waals surface area contributed by atoms with Gasteiger partial charge in [-0.2, -0.15) is 4.98 Å². The van der Waals surface area contributed by atoms with Crippen molar-refractivity contribution in [2.24, 2.45) is 26.1 Å². The van der Waals surface area contributed by atoms with Crippen molar-refractivity contribution in [3.8, 4) is 0 Å². The molecule has 0 aliphatic rings. The van der Waals surface area contributed by atoms with E-state index in [2.05, 4.69) is 9.98 Å². The maximum Gasteiger partial charge on any atom is 0.332 e. The van der Waals surface area contributed by atoms with Crippen molar-refractivity contribution < 1.29 is 0 Å². The molecule has 8 heteroatoms. The first-order chi connectivity index (χ1) is 10.9. The van der Waals surface area contributed by atoms with E-state index in [-0.39, 0.29) is 0 Å². The second-order valence-electron chi connectivity index (χ2n) is 5.16. The molecule has 1 aromatic carbocycles. The highest BCUT2D eigenvalue weighted by atomic mass is 35.5. The lowest BCUT2D eigenvalue weighted by molar-refractivity contribution is 0.705. The first-order valence-electron chi connectivity index (χ1n) is 6.82. The molecule has 0 amide bonds. The standard InChI is InChI=1S/C15H14ClN5O2/c1-19-11-12(20(2)15(23)21(3)13(11)22)18-14(19)17-8-9-5-4-6-10(16)7-9/h4-8H,1-3H3/b17-8+. The van der Waals surface area contributed by atoms with Gasteiger partial charge in [-0.15, -0.1) is 0 Å². The van der Waals surface area contributed by atoms with Crippen LogP contribution in [-0.4, -0.2) is 24.9 Å². The van der Waals surface area contributed by atoms with Crippen LogP contribution in [0.1, 0.15) is 5.56 Å². The Bertz CT molecular complexity index is 1060. The van der Waals surface area contributed by atoms with Gasteiger partial charge in [0.05, 0.1) is 0 Å². The zero-order valence-electron chi connectivity index (χ0n) is 12.8. The van der Waals surface area contributed by atoms with Gasteiger partial charge in [0.25, 0.3) is 5.56 Å². The summed E-state index contributed by atoms with van der Waals surface area (Å²) in [7, 11) is 4.69. The largest absolute Gasteiger partial charge is 0.332 e. The van der Waals surface area contributed by atoms with Crippen LogP contribution in [0.4, 0.5) is 5.95 Å². The van der Waals surface area contributed by atoms with E-state index >= 15 is 0 Å². The van der Waals surface area contributed by atoms with Gasteiger partial charge in [0.15, 0.2) is 11.2 Å². The quantitative estimate of drug-likeness (QED) is 0.666. The minimum atomic E-state index is -0.425. The molecule has 2 aromatic heterocycles. The minimum Gasteiger partial charge on any atom is -0.306 e. The lowest BCUT2D eigenvalue weighted by Crippen LogP contribution is -2.37. The number of aryl methyl sites for hydroxylation is 2. The maximum atomic E-state index is 12.3. The van der Waals surface area contributed by atoms with Crippen LogP contribution >= 0.6 is 11.6 Å². The molecule has 2 heterocycles. The van der Waals surface area contributed by atoms with Crippen molar-refractivity contribution in [3.05, 3.63) is 55.7 Å². The van der Waals surface area contributed by atoms with Crippen LogP contribution in [-0.2, 0) is 21.1 Å². The van der Waals surface area contributed by atoms with E-state index in [0.717, 1.165) is 10.1 Å². The summed E-state index contributed by atoms with van der Waals surface area (Å²) in [5.74, 6) is 0.332. The van der Waals surface area contributed by atoms with Crippen LogP contribution in [0.25, 0.3) is 11.2 Å². The van der Waals surface area contributed by atoms with Crippen LogP contribution in [0.3, 0.4) is 0 Å². The molecule has 0 radical (unpaired) electrons. The number of benzene rings is 1. The molecule has 0 aliphatic heterocycles. The van der Waals surface area contributed by atoms with Gasteiger partial charge in [0.2, 0.25) is 5.95 Å². The Morgan fingerprint density at radius 1 is 1.13 bits per heavy atom. The highest BCUT2D eigenvalue weighted by Crippen LogP contribution is 2.16. The number of aliphatic imine (C=N–C) groups is 1. The molecule has 0 saturated heterocycles. The molecule has 0 aliphatic carbocycles. The molecule has 0 saturated carbocycles. The molecule has 0 unspecified atom stereocenters. The van der Waals surface area contributed by atoms with Crippen molar-refractivity contribution in [3.63, 3.8) is 0 Å². The molecule has 0 atom stereocenters. The lowest BCUT2D eigenvalue weighted by atomic mass is 10.2. The van der Waals surface area contributed by atoms with E-state index in [1.165, 1.54) is 11.6 Å². The third-order valence-electron chi connectivity index (χ3n) is 3.63. The average Bonchev–Trinajstić information content (AvgIpc) is 2.86. The summed E-state index contributed by atoms with van der Waals surface area (Å²) >= 11 is 5.93. The van der Waals surface area contributed by atoms with Gasteiger partial charge in [0, 0.05) is 32.4 Å². The number of imidazole rings is 1. The summed E-state index contributed by atoms with van der Waals surface area (Å²) in [4.78, 5) is 32.8. The normalized spacial score (nSPS) is 11.7. The van der Waals surface area contributed by atoms with Crippen LogP contribution in [0.15, 0.2) is 38.8 Å². The van der Waals surface area contributed by atoms with Crippen LogP contribution in [0, 0.1) is 0 Å². The number of halogens is 1. The predicted molar refractivity (Wildman–Crippen MR) is 89.9 cm³/mol. The molecular formula is C15H14ClN5O2. The van der Waals surface area contributed by atoms with Gasteiger partial charge in [-0.25, -0.2) is 9.79 Å².